The third-order valence-electron chi connectivity index (χ3n) is 4.05. The number of anilines is 1. The first kappa shape index (κ1) is 15.8. The molecule has 0 atom stereocenters. The van der Waals surface area contributed by atoms with Gasteiger partial charge in [0.05, 0.1) is 0 Å². The summed E-state index contributed by atoms with van der Waals surface area (Å²) in [5.41, 5.74) is 3.04. The van der Waals surface area contributed by atoms with Gasteiger partial charge in [0, 0.05) is 36.1 Å². The third kappa shape index (κ3) is 3.00. The molecule has 1 amide bonds. The number of pyridine rings is 1. The minimum absolute atomic E-state index is 0.232. The molecular weight excluding hydrogens is 330 g/mol. The topological polar surface area (TPSA) is 77.1 Å². The van der Waals surface area contributed by atoms with E-state index < -0.39 is 0 Å². The molecule has 0 aliphatic rings. The van der Waals surface area contributed by atoms with Gasteiger partial charge in [-0.2, -0.15) is 0 Å². The number of amides is 1. The fourth-order valence-electron chi connectivity index (χ4n) is 2.58. The van der Waals surface area contributed by atoms with E-state index in [-0.39, 0.29) is 11.5 Å². The molecule has 0 saturated carbocycles. The van der Waals surface area contributed by atoms with E-state index in [1.807, 2.05) is 36.4 Å². The average Bonchev–Trinajstić information content (AvgIpc) is 3.08. The molecule has 0 fully saturated rings. The molecule has 4 aromatic rings. The molecule has 0 aliphatic heterocycles. The lowest BCUT2D eigenvalue weighted by molar-refractivity contribution is 0.102. The van der Waals surface area contributed by atoms with E-state index in [4.69, 9.17) is 4.42 Å². The van der Waals surface area contributed by atoms with E-state index in [1.54, 1.807) is 31.4 Å². The van der Waals surface area contributed by atoms with Crippen LogP contribution in [-0.2, 0) is 7.05 Å². The Morgan fingerprint density at radius 1 is 1.08 bits per heavy atom. The maximum atomic E-state index is 12.3. The van der Waals surface area contributed by atoms with Crippen LogP contribution in [0.2, 0.25) is 0 Å². The lowest BCUT2D eigenvalue weighted by atomic mass is 10.2. The number of hydrogen-bond donors (Lipinski definition) is 1. The summed E-state index contributed by atoms with van der Waals surface area (Å²) in [6.07, 6.45) is 1.56. The van der Waals surface area contributed by atoms with Gasteiger partial charge in [0.2, 0.25) is 5.89 Å². The number of aromatic nitrogens is 2. The number of benzene rings is 2. The second kappa shape index (κ2) is 6.33. The highest BCUT2D eigenvalue weighted by atomic mass is 16.3. The Kier molecular flexibility index (Phi) is 3.85. The molecule has 6 nitrogen and oxygen atoms in total. The predicted octanol–water partition coefficient (Wildman–Crippen LogP) is 3.45. The fourth-order valence-corrected chi connectivity index (χ4v) is 2.58. The molecule has 0 aliphatic carbocycles. The van der Waals surface area contributed by atoms with Gasteiger partial charge in [-0.15, -0.1) is 0 Å². The van der Waals surface area contributed by atoms with Gasteiger partial charge < -0.3 is 14.3 Å². The Labute approximate surface area is 148 Å². The summed E-state index contributed by atoms with van der Waals surface area (Å²) in [6, 6.07) is 17.6. The molecule has 1 N–H and O–H groups in total. The van der Waals surface area contributed by atoms with Crippen molar-refractivity contribution in [1.29, 1.82) is 0 Å². The first-order valence-corrected chi connectivity index (χ1v) is 8.04. The summed E-state index contributed by atoms with van der Waals surface area (Å²) >= 11 is 0. The van der Waals surface area contributed by atoms with Crippen LogP contribution in [0.15, 0.2) is 76.1 Å². The van der Waals surface area contributed by atoms with E-state index >= 15 is 0 Å². The average molecular weight is 345 g/mol. The monoisotopic (exact) mass is 345 g/mol. The maximum absolute atomic E-state index is 12.3. The number of hydrogen-bond acceptors (Lipinski definition) is 4. The van der Waals surface area contributed by atoms with Crippen molar-refractivity contribution in [3.8, 4) is 11.5 Å². The second-order valence-electron chi connectivity index (χ2n) is 5.88. The summed E-state index contributed by atoms with van der Waals surface area (Å²) in [4.78, 5) is 28.3. The molecule has 0 saturated heterocycles. The molecule has 6 heteroatoms. The number of aryl methyl sites for hydroxylation is 1. The highest BCUT2D eigenvalue weighted by molar-refractivity contribution is 6.04. The van der Waals surface area contributed by atoms with Gasteiger partial charge in [-0.3, -0.25) is 9.59 Å². The standard InChI is InChI=1S/C20H15N3O3/c1-23-11-10-14(12-18(23)24)19(25)21-15-8-6-13(7-9-15)20-22-16-4-2-3-5-17(16)26-20/h2-12H,1H3,(H,21,25). The smallest absolute Gasteiger partial charge is 0.255 e. The molecule has 0 radical (unpaired) electrons. The van der Waals surface area contributed by atoms with Crippen molar-refractivity contribution >= 4 is 22.7 Å². The van der Waals surface area contributed by atoms with Gasteiger partial charge in [0.25, 0.3) is 11.5 Å². The largest absolute Gasteiger partial charge is 0.436 e. The Morgan fingerprint density at radius 2 is 1.85 bits per heavy atom. The van der Waals surface area contributed by atoms with Crippen LogP contribution in [0.5, 0.6) is 0 Å². The number of oxazole rings is 1. The Bertz CT molecular complexity index is 1120. The van der Waals surface area contributed by atoms with Gasteiger partial charge in [-0.1, -0.05) is 12.1 Å². The van der Waals surface area contributed by atoms with Crippen LogP contribution >= 0.6 is 0 Å². The van der Waals surface area contributed by atoms with Crippen molar-refractivity contribution in [2.45, 2.75) is 0 Å². The SMILES string of the molecule is Cn1ccc(C(=O)Nc2ccc(-c3nc4ccccc4o3)cc2)cc1=O. The first-order valence-electron chi connectivity index (χ1n) is 8.04. The molecular formula is C20H15N3O3. The van der Waals surface area contributed by atoms with Gasteiger partial charge in [0.15, 0.2) is 5.58 Å². The van der Waals surface area contributed by atoms with E-state index in [0.29, 0.717) is 17.1 Å². The minimum Gasteiger partial charge on any atom is -0.436 e. The predicted molar refractivity (Wildman–Crippen MR) is 99.1 cm³/mol. The Morgan fingerprint density at radius 3 is 2.58 bits per heavy atom. The molecule has 26 heavy (non-hydrogen) atoms. The van der Waals surface area contributed by atoms with Gasteiger partial charge in [-0.05, 0) is 42.5 Å². The van der Waals surface area contributed by atoms with Crippen LogP contribution in [0, 0.1) is 0 Å². The lowest BCUT2D eigenvalue weighted by Gasteiger charge is -2.06. The number of carbonyl (C=O) groups excluding carboxylic acids is 1. The van der Waals surface area contributed by atoms with Crippen molar-refractivity contribution in [2.24, 2.45) is 7.05 Å². The zero-order chi connectivity index (χ0) is 18.1. The van der Waals surface area contributed by atoms with Crippen LogP contribution in [0.25, 0.3) is 22.6 Å². The number of fused-ring (bicyclic) bond motifs is 1. The van der Waals surface area contributed by atoms with Crippen molar-refractivity contribution < 1.29 is 9.21 Å². The van der Waals surface area contributed by atoms with Crippen molar-refractivity contribution in [3.63, 3.8) is 0 Å². The van der Waals surface area contributed by atoms with Gasteiger partial charge >= 0.3 is 0 Å². The second-order valence-corrected chi connectivity index (χ2v) is 5.88. The highest BCUT2D eigenvalue weighted by Crippen LogP contribution is 2.25. The molecule has 0 unspecified atom stereocenters. The zero-order valence-electron chi connectivity index (χ0n) is 14.0. The van der Waals surface area contributed by atoms with Crippen molar-refractivity contribution in [1.82, 2.24) is 9.55 Å². The molecule has 2 aromatic carbocycles. The summed E-state index contributed by atoms with van der Waals surface area (Å²) in [6.45, 7) is 0. The molecule has 2 aromatic heterocycles. The number of nitrogens with zero attached hydrogens (tertiary/aromatic N) is 2. The number of para-hydroxylation sites is 2. The van der Waals surface area contributed by atoms with Crippen LogP contribution in [-0.4, -0.2) is 15.5 Å². The van der Waals surface area contributed by atoms with Gasteiger partial charge in [-0.25, -0.2) is 4.98 Å². The van der Waals surface area contributed by atoms with Crippen LogP contribution in [0.1, 0.15) is 10.4 Å². The fraction of sp³-hybridized carbons (Fsp3) is 0.0500. The van der Waals surface area contributed by atoms with Crippen LogP contribution < -0.4 is 10.9 Å². The quantitative estimate of drug-likeness (QED) is 0.617. The summed E-state index contributed by atoms with van der Waals surface area (Å²) in [5, 5.41) is 2.77. The zero-order valence-corrected chi connectivity index (χ0v) is 14.0. The summed E-state index contributed by atoms with van der Waals surface area (Å²) < 4.78 is 7.14. The maximum Gasteiger partial charge on any atom is 0.255 e. The summed E-state index contributed by atoms with van der Waals surface area (Å²) in [7, 11) is 1.63. The van der Waals surface area contributed by atoms with E-state index in [9.17, 15) is 9.59 Å². The molecule has 0 bridgehead atoms. The van der Waals surface area contributed by atoms with E-state index in [2.05, 4.69) is 10.3 Å². The Balaban J connectivity index is 1.54. The highest BCUT2D eigenvalue weighted by Gasteiger charge is 2.10. The Hall–Kier alpha value is -3.67. The normalized spacial score (nSPS) is 10.8. The molecule has 0 spiro atoms. The van der Waals surface area contributed by atoms with Crippen LogP contribution in [0.4, 0.5) is 5.69 Å². The van der Waals surface area contributed by atoms with Crippen LogP contribution in [0.3, 0.4) is 0 Å². The number of carbonyl (C=O) groups is 1. The molecule has 2 heterocycles. The lowest BCUT2D eigenvalue weighted by Crippen LogP contribution is -2.19. The number of rotatable bonds is 3. The third-order valence-corrected chi connectivity index (χ3v) is 4.05. The number of nitrogens with one attached hydrogen (secondary N) is 1. The van der Waals surface area contributed by atoms with E-state index in [1.165, 1.54) is 10.6 Å². The van der Waals surface area contributed by atoms with Crippen molar-refractivity contribution in [3.05, 3.63) is 82.8 Å². The van der Waals surface area contributed by atoms with E-state index in [0.717, 1.165) is 16.7 Å². The molecule has 4 rings (SSSR count). The van der Waals surface area contributed by atoms with Crippen molar-refractivity contribution in [2.75, 3.05) is 5.32 Å². The summed E-state index contributed by atoms with van der Waals surface area (Å²) in [5.74, 6) is 0.188. The first-order chi connectivity index (χ1) is 12.6. The molecule has 128 valence electrons. The minimum atomic E-state index is -0.336. The van der Waals surface area contributed by atoms with Gasteiger partial charge in [0.1, 0.15) is 5.52 Å².